The minimum absolute atomic E-state index is 0.394. The summed E-state index contributed by atoms with van der Waals surface area (Å²) in [5.74, 6) is -0.394. The first-order chi connectivity index (χ1) is 8.51. The fourth-order valence-electron chi connectivity index (χ4n) is 2.44. The lowest BCUT2D eigenvalue weighted by Gasteiger charge is -2.34. The van der Waals surface area contributed by atoms with Crippen molar-refractivity contribution in [1.29, 1.82) is 0 Å². The van der Waals surface area contributed by atoms with Gasteiger partial charge in [-0.05, 0) is 45.2 Å². The van der Waals surface area contributed by atoms with Crippen LogP contribution in [0.1, 0.15) is 43.5 Å². The van der Waals surface area contributed by atoms with Crippen molar-refractivity contribution >= 4 is 5.97 Å². The molecule has 4 heteroatoms. The van der Waals surface area contributed by atoms with E-state index in [1.165, 1.54) is 0 Å². The standard InChI is InChI=1S/C14H17NO3/c1-13(15-17)9-6-10-14(13,2)18-12(16)11-7-4-3-5-8-11/h3-5,7-8H,6,9-10H2,1-2H3/t13-,14+/m1/s1. The molecule has 1 saturated carbocycles. The summed E-state index contributed by atoms with van der Waals surface area (Å²) in [6.07, 6.45) is 2.18. The Morgan fingerprint density at radius 1 is 1.22 bits per heavy atom. The molecule has 2 rings (SSSR count). The van der Waals surface area contributed by atoms with Gasteiger partial charge in [0.1, 0.15) is 11.1 Å². The summed E-state index contributed by atoms with van der Waals surface area (Å²) in [5.41, 5.74) is -1.13. The van der Waals surface area contributed by atoms with Crippen molar-refractivity contribution in [1.82, 2.24) is 0 Å². The number of carbonyl (C=O) groups excluding carboxylic acids is 1. The molecule has 1 fully saturated rings. The molecule has 18 heavy (non-hydrogen) atoms. The average Bonchev–Trinajstić information content (AvgIpc) is 2.67. The number of carbonyl (C=O) groups is 1. The Morgan fingerprint density at radius 3 is 2.50 bits per heavy atom. The zero-order valence-electron chi connectivity index (χ0n) is 10.7. The van der Waals surface area contributed by atoms with Crippen molar-refractivity contribution in [2.24, 2.45) is 5.18 Å². The van der Waals surface area contributed by atoms with Crippen molar-refractivity contribution in [3.8, 4) is 0 Å². The molecule has 96 valence electrons. The predicted molar refractivity (Wildman–Crippen MR) is 68.3 cm³/mol. The van der Waals surface area contributed by atoms with E-state index in [1.807, 2.05) is 6.07 Å². The number of nitrogens with zero attached hydrogens (tertiary/aromatic N) is 1. The van der Waals surface area contributed by atoms with E-state index in [9.17, 15) is 9.70 Å². The Bertz CT molecular complexity index is 459. The lowest BCUT2D eigenvalue weighted by Crippen LogP contribution is -2.47. The molecule has 0 heterocycles. The molecule has 4 nitrogen and oxygen atoms in total. The first-order valence-electron chi connectivity index (χ1n) is 6.14. The molecule has 1 aromatic rings. The fourth-order valence-corrected chi connectivity index (χ4v) is 2.44. The third-order valence-electron chi connectivity index (χ3n) is 3.99. The minimum Gasteiger partial charge on any atom is -0.453 e. The van der Waals surface area contributed by atoms with E-state index >= 15 is 0 Å². The molecule has 0 bridgehead atoms. The van der Waals surface area contributed by atoms with Gasteiger partial charge in [0.15, 0.2) is 0 Å². The van der Waals surface area contributed by atoms with Crippen LogP contribution < -0.4 is 0 Å². The molecule has 0 radical (unpaired) electrons. The van der Waals surface area contributed by atoms with Crippen molar-refractivity contribution in [2.45, 2.75) is 44.2 Å². The van der Waals surface area contributed by atoms with Crippen LogP contribution in [0.25, 0.3) is 0 Å². The number of hydrogen-bond acceptors (Lipinski definition) is 4. The number of benzene rings is 1. The van der Waals surface area contributed by atoms with Crippen LogP contribution in [0.5, 0.6) is 0 Å². The Balaban J connectivity index is 2.19. The molecule has 0 spiro atoms. The molecule has 0 aliphatic heterocycles. The van der Waals surface area contributed by atoms with Crippen LogP contribution in [0.15, 0.2) is 35.5 Å². The summed E-state index contributed by atoms with van der Waals surface area (Å²) in [5, 5.41) is 3.19. The molecule has 0 aromatic heterocycles. The van der Waals surface area contributed by atoms with Crippen LogP contribution in [-0.4, -0.2) is 17.1 Å². The fraction of sp³-hybridized carbons (Fsp3) is 0.500. The Kier molecular flexibility index (Phi) is 3.20. The Hall–Kier alpha value is -1.71. The minimum atomic E-state index is -0.822. The van der Waals surface area contributed by atoms with Crippen LogP contribution in [0.2, 0.25) is 0 Å². The van der Waals surface area contributed by atoms with Gasteiger partial charge in [-0.3, -0.25) is 0 Å². The van der Waals surface area contributed by atoms with Crippen molar-refractivity contribution in [2.75, 3.05) is 0 Å². The number of rotatable bonds is 3. The van der Waals surface area contributed by atoms with Crippen LogP contribution in [0, 0.1) is 4.91 Å². The molecule has 0 unspecified atom stereocenters. The first-order valence-corrected chi connectivity index (χ1v) is 6.14. The van der Waals surface area contributed by atoms with Gasteiger partial charge in [-0.15, -0.1) is 0 Å². The lowest BCUT2D eigenvalue weighted by molar-refractivity contribution is -0.0333. The monoisotopic (exact) mass is 247 g/mol. The SMILES string of the molecule is C[C@@]1(N=O)CCC[C@]1(C)OC(=O)c1ccccc1. The Labute approximate surface area is 106 Å². The zero-order valence-corrected chi connectivity index (χ0v) is 10.7. The highest BCUT2D eigenvalue weighted by atomic mass is 16.6. The van der Waals surface area contributed by atoms with E-state index in [1.54, 1.807) is 38.1 Å². The maximum absolute atomic E-state index is 12.0. The van der Waals surface area contributed by atoms with Crippen LogP contribution >= 0.6 is 0 Å². The van der Waals surface area contributed by atoms with Gasteiger partial charge in [0.05, 0.1) is 5.56 Å². The van der Waals surface area contributed by atoms with Gasteiger partial charge in [-0.1, -0.05) is 23.4 Å². The second-order valence-corrected chi connectivity index (χ2v) is 5.21. The molecule has 2 atom stereocenters. The summed E-state index contributed by atoms with van der Waals surface area (Å²) >= 11 is 0. The smallest absolute Gasteiger partial charge is 0.338 e. The van der Waals surface area contributed by atoms with Gasteiger partial charge in [-0.25, -0.2) is 4.79 Å². The second-order valence-electron chi connectivity index (χ2n) is 5.21. The van der Waals surface area contributed by atoms with Gasteiger partial charge < -0.3 is 4.74 Å². The Morgan fingerprint density at radius 2 is 1.89 bits per heavy atom. The summed E-state index contributed by atoms with van der Waals surface area (Å²) in [6.45, 7) is 3.55. The van der Waals surface area contributed by atoms with Crippen molar-refractivity contribution in [3.63, 3.8) is 0 Å². The predicted octanol–water partition coefficient (Wildman–Crippen LogP) is 3.31. The maximum atomic E-state index is 12.0. The summed E-state index contributed by atoms with van der Waals surface area (Å²) < 4.78 is 5.56. The van der Waals surface area contributed by atoms with Crippen LogP contribution in [0.4, 0.5) is 0 Å². The first kappa shape index (κ1) is 12.7. The normalized spacial score (nSPS) is 31.0. The third-order valence-corrected chi connectivity index (χ3v) is 3.99. The van der Waals surface area contributed by atoms with E-state index in [0.29, 0.717) is 18.4 Å². The third kappa shape index (κ3) is 2.03. The van der Waals surface area contributed by atoms with Crippen molar-refractivity contribution < 1.29 is 9.53 Å². The van der Waals surface area contributed by atoms with Crippen LogP contribution in [0.3, 0.4) is 0 Å². The topological polar surface area (TPSA) is 55.7 Å². The summed E-state index contributed by atoms with van der Waals surface area (Å²) in [4.78, 5) is 23.1. The number of hydrogen-bond donors (Lipinski definition) is 0. The van der Waals surface area contributed by atoms with Gasteiger partial charge in [0, 0.05) is 0 Å². The van der Waals surface area contributed by atoms with Gasteiger partial charge >= 0.3 is 5.97 Å². The molecular formula is C14H17NO3. The van der Waals surface area contributed by atoms with E-state index in [0.717, 1.165) is 6.42 Å². The van der Waals surface area contributed by atoms with E-state index < -0.39 is 17.1 Å². The zero-order chi connectivity index (χ0) is 13.2. The summed E-state index contributed by atoms with van der Waals surface area (Å²) in [6, 6.07) is 8.80. The quantitative estimate of drug-likeness (QED) is 0.608. The second kappa shape index (κ2) is 4.52. The molecule has 1 aliphatic carbocycles. The molecule has 0 saturated heterocycles. The highest BCUT2D eigenvalue weighted by Gasteiger charge is 2.53. The highest BCUT2D eigenvalue weighted by molar-refractivity contribution is 5.89. The van der Waals surface area contributed by atoms with Crippen LogP contribution in [-0.2, 0) is 4.74 Å². The van der Waals surface area contributed by atoms with E-state index in [2.05, 4.69) is 5.18 Å². The number of ether oxygens (including phenoxy) is 1. The van der Waals surface area contributed by atoms with Gasteiger partial charge in [0.2, 0.25) is 0 Å². The van der Waals surface area contributed by atoms with Gasteiger partial charge in [-0.2, -0.15) is 4.91 Å². The molecular weight excluding hydrogens is 230 g/mol. The molecule has 0 N–H and O–H groups in total. The number of esters is 1. The molecule has 0 amide bonds. The van der Waals surface area contributed by atoms with E-state index in [4.69, 9.17) is 4.74 Å². The highest BCUT2D eigenvalue weighted by Crippen LogP contribution is 2.44. The van der Waals surface area contributed by atoms with E-state index in [-0.39, 0.29) is 0 Å². The molecule has 1 aromatic carbocycles. The lowest BCUT2D eigenvalue weighted by atomic mass is 9.86. The molecule has 1 aliphatic rings. The largest absolute Gasteiger partial charge is 0.453 e. The summed E-state index contributed by atoms with van der Waals surface area (Å²) in [7, 11) is 0. The number of nitroso groups, excluding NO2 is 1. The van der Waals surface area contributed by atoms with Crippen molar-refractivity contribution in [3.05, 3.63) is 40.8 Å². The maximum Gasteiger partial charge on any atom is 0.338 e. The van der Waals surface area contributed by atoms with Gasteiger partial charge in [0.25, 0.3) is 0 Å². The average molecular weight is 247 g/mol.